The Bertz CT molecular complexity index is 436. The molecule has 0 saturated heterocycles. The lowest BCUT2D eigenvalue weighted by molar-refractivity contribution is -0.163. The van der Waals surface area contributed by atoms with Crippen LogP contribution in [0.25, 0.3) is 0 Å². The van der Waals surface area contributed by atoms with Crippen molar-refractivity contribution >= 4 is 17.6 Å². The minimum absolute atomic E-state index is 0.167. The fourth-order valence-corrected chi connectivity index (χ4v) is 1.54. The molecule has 1 unspecified atom stereocenters. The molecular weight excluding hydrogens is 228 g/mol. The van der Waals surface area contributed by atoms with E-state index in [0.29, 0.717) is 10.6 Å². The summed E-state index contributed by atoms with van der Waals surface area (Å²) >= 11 is 5.78. The number of aliphatic hydroxyl groups is 1. The molecule has 4 heteroatoms. The van der Waals surface area contributed by atoms with Gasteiger partial charge in [0.05, 0.1) is 13.5 Å². The third kappa shape index (κ3) is 2.35. The molecule has 0 aliphatic heterocycles. The van der Waals surface area contributed by atoms with Gasteiger partial charge in [0.1, 0.15) is 0 Å². The molecule has 1 N–H and O–H groups in total. The highest BCUT2D eigenvalue weighted by Crippen LogP contribution is 2.28. The maximum Gasteiger partial charge on any atom is 0.343 e. The number of hydrogen-bond acceptors (Lipinski definition) is 3. The Kier molecular flexibility index (Phi) is 3.94. The molecule has 1 aromatic rings. The lowest BCUT2D eigenvalue weighted by Crippen LogP contribution is -2.36. The standard InChI is InChI=1S/C12H11ClO3/c1-3-7-12(15,11(14)16-2)9-5-4-6-10(13)8-9/h1,4-6,8,15H,7H2,2H3. The summed E-state index contributed by atoms with van der Waals surface area (Å²) in [6.07, 6.45) is 4.97. The number of methoxy groups -OCH3 is 1. The van der Waals surface area contributed by atoms with Gasteiger partial charge >= 0.3 is 5.97 Å². The number of ether oxygens (including phenoxy) is 1. The van der Waals surface area contributed by atoms with Crippen molar-refractivity contribution in [2.45, 2.75) is 12.0 Å². The molecule has 16 heavy (non-hydrogen) atoms. The fraction of sp³-hybridized carbons (Fsp3) is 0.250. The largest absolute Gasteiger partial charge is 0.467 e. The van der Waals surface area contributed by atoms with E-state index in [0.717, 1.165) is 0 Å². The van der Waals surface area contributed by atoms with Crippen molar-refractivity contribution in [3.8, 4) is 12.3 Å². The van der Waals surface area contributed by atoms with Crippen LogP contribution in [0.5, 0.6) is 0 Å². The van der Waals surface area contributed by atoms with Gasteiger partial charge in [-0.05, 0) is 17.7 Å². The second kappa shape index (κ2) is 5.02. The van der Waals surface area contributed by atoms with Crippen LogP contribution in [0, 0.1) is 12.3 Å². The van der Waals surface area contributed by atoms with E-state index in [1.165, 1.54) is 13.2 Å². The molecule has 0 aliphatic carbocycles. The highest BCUT2D eigenvalue weighted by Gasteiger charge is 2.38. The molecule has 0 heterocycles. The Hall–Kier alpha value is -1.50. The van der Waals surface area contributed by atoms with Crippen LogP contribution in [-0.4, -0.2) is 18.2 Å². The summed E-state index contributed by atoms with van der Waals surface area (Å²) in [6, 6.07) is 6.32. The van der Waals surface area contributed by atoms with Crippen LogP contribution in [0.2, 0.25) is 5.02 Å². The van der Waals surface area contributed by atoms with Gasteiger partial charge in [-0.2, -0.15) is 0 Å². The van der Waals surface area contributed by atoms with Crippen LogP contribution < -0.4 is 0 Å². The number of carbonyl (C=O) groups is 1. The van der Waals surface area contributed by atoms with Crippen LogP contribution in [-0.2, 0) is 15.1 Å². The summed E-state index contributed by atoms with van der Waals surface area (Å²) in [5.74, 6) is 1.45. The smallest absolute Gasteiger partial charge is 0.343 e. The summed E-state index contributed by atoms with van der Waals surface area (Å²) in [5, 5.41) is 10.6. The average molecular weight is 239 g/mol. The van der Waals surface area contributed by atoms with Gasteiger partial charge in [0.15, 0.2) is 5.60 Å². The molecule has 0 radical (unpaired) electrons. The lowest BCUT2D eigenvalue weighted by atomic mass is 9.91. The van der Waals surface area contributed by atoms with Crippen molar-refractivity contribution in [2.24, 2.45) is 0 Å². The van der Waals surface area contributed by atoms with E-state index in [1.807, 2.05) is 0 Å². The van der Waals surface area contributed by atoms with Crippen molar-refractivity contribution < 1.29 is 14.6 Å². The Morgan fingerprint density at radius 3 is 2.88 bits per heavy atom. The zero-order valence-corrected chi connectivity index (χ0v) is 9.49. The Balaban J connectivity index is 3.22. The Labute approximate surface area is 99.0 Å². The first-order valence-corrected chi connectivity index (χ1v) is 4.92. The molecule has 0 aliphatic rings. The summed E-state index contributed by atoms with van der Waals surface area (Å²) in [7, 11) is 1.19. The number of carbonyl (C=O) groups excluding carboxylic acids is 1. The summed E-state index contributed by atoms with van der Waals surface area (Å²) in [6.45, 7) is 0. The van der Waals surface area contributed by atoms with Crippen molar-refractivity contribution in [3.63, 3.8) is 0 Å². The molecule has 0 saturated carbocycles. The van der Waals surface area contributed by atoms with Crippen LogP contribution in [0.4, 0.5) is 0 Å². The normalized spacial score (nSPS) is 13.6. The third-order valence-corrected chi connectivity index (χ3v) is 2.42. The average Bonchev–Trinajstić information content (AvgIpc) is 2.28. The zero-order valence-electron chi connectivity index (χ0n) is 8.74. The zero-order chi connectivity index (χ0) is 12.2. The minimum Gasteiger partial charge on any atom is -0.467 e. The van der Waals surface area contributed by atoms with E-state index in [1.54, 1.807) is 18.2 Å². The van der Waals surface area contributed by atoms with E-state index in [9.17, 15) is 9.90 Å². The van der Waals surface area contributed by atoms with Crippen molar-refractivity contribution in [1.29, 1.82) is 0 Å². The highest BCUT2D eigenvalue weighted by atomic mass is 35.5. The summed E-state index contributed by atoms with van der Waals surface area (Å²) < 4.78 is 4.53. The van der Waals surface area contributed by atoms with Crippen molar-refractivity contribution in [2.75, 3.05) is 7.11 Å². The maximum absolute atomic E-state index is 11.5. The number of benzene rings is 1. The fourth-order valence-electron chi connectivity index (χ4n) is 1.35. The Morgan fingerprint density at radius 2 is 2.38 bits per heavy atom. The monoisotopic (exact) mass is 238 g/mol. The van der Waals surface area contributed by atoms with Crippen LogP contribution in [0.3, 0.4) is 0 Å². The van der Waals surface area contributed by atoms with Gasteiger partial charge in [0, 0.05) is 5.02 Å². The van der Waals surface area contributed by atoms with E-state index in [-0.39, 0.29) is 6.42 Å². The molecule has 0 aromatic heterocycles. The molecule has 0 bridgehead atoms. The van der Waals surface area contributed by atoms with Crippen molar-refractivity contribution in [3.05, 3.63) is 34.9 Å². The molecule has 84 valence electrons. The minimum atomic E-state index is -1.84. The van der Waals surface area contributed by atoms with Gasteiger partial charge in [-0.1, -0.05) is 23.7 Å². The molecule has 3 nitrogen and oxygen atoms in total. The van der Waals surface area contributed by atoms with E-state index in [2.05, 4.69) is 10.7 Å². The second-order valence-electron chi connectivity index (χ2n) is 3.24. The van der Waals surface area contributed by atoms with Gasteiger partial charge in [-0.3, -0.25) is 0 Å². The van der Waals surface area contributed by atoms with E-state index < -0.39 is 11.6 Å². The number of esters is 1. The molecule has 0 fully saturated rings. The first kappa shape index (κ1) is 12.6. The van der Waals surface area contributed by atoms with E-state index >= 15 is 0 Å². The molecule has 0 spiro atoms. The molecule has 1 rings (SSSR count). The summed E-state index contributed by atoms with van der Waals surface area (Å²) in [5.41, 5.74) is -1.51. The van der Waals surface area contributed by atoms with Gasteiger partial charge in [0.2, 0.25) is 0 Å². The predicted molar refractivity (Wildman–Crippen MR) is 60.8 cm³/mol. The molecule has 1 atom stereocenters. The predicted octanol–water partition coefficient (Wildman–Crippen LogP) is 1.72. The molecule has 1 aromatic carbocycles. The quantitative estimate of drug-likeness (QED) is 0.644. The van der Waals surface area contributed by atoms with Crippen LogP contribution in [0.15, 0.2) is 24.3 Å². The second-order valence-corrected chi connectivity index (χ2v) is 3.68. The van der Waals surface area contributed by atoms with Gasteiger partial charge in [0.25, 0.3) is 0 Å². The summed E-state index contributed by atoms with van der Waals surface area (Å²) in [4.78, 5) is 11.5. The third-order valence-electron chi connectivity index (χ3n) is 2.18. The van der Waals surface area contributed by atoms with Crippen LogP contribution >= 0.6 is 11.6 Å². The van der Waals surface area contributed by atoms with Crippen LogP contribution in [0.1, 0.15) is 12.0 Å². The van der Waals surface area contributed by atoms with Gasteiger partial charge in [-0.15, -0.1) is 12.3 Å². The first-order chi connectivity index (χ1) is 7.54. The van der Waals surface area contributed by atoms with Gasteiger partial charge < -0.3 is 9.84 Å². The van der Waals surface area contributed by atoms with Gasteiger partial charge in [-0.25, -0.2) is 4.79 Å². The highest BCUT2D eigenvalue weighted by molar-refractivity contribution is 6.30. The number of rotatable bonds is 3. The Morgan fingerprint density at radius 1 is 1.69 bits per heavy atom. The maximum atomic E-state index is 11.5. The SMILES string of the molecule is C#CCC(O)(C(=O)OC)c1cccc(Cl)c1. The molecule has 0 amide bonds. The van der Waals surface area contributed by atoms with Crippen molar-refractivity contribution in [1.82, 2.24) is 0 Å². The topological polar surface area (TPSA) is 46.5 Å². The number of halogens is 1. The first-order valence-electron chi connectivity index (χ1n) is 4.55. The van der Waals surface area contributed by atoms with E-state index in [4.69, 9.17) is 18.0 Å². The number of hydrogen-bond donors (Lipinski definition) is 1. The lowest BCUT2D eigenvalue weighted by Gasteiger charge is -2.23. The number of terminal acetylenes is 1. The molecular formula is C12H11ClO3.